The van der Waals surface area contributed by atoms with Crippen molar-refractivity contribution in [1.29, 1.82) is 0 Å². The van der Waals surface area contributed by atoms with Crippen molar-refractivity contribution in [2.45, 2.75) is 26.9 Å². The number of carbonyl (C=O) groups excluding carboxylic acids is 1. The van der Waals surface area contributed by atoms with Gasteiger partial charge in [0.1, 0.15) is 0 Å². The maximum absolute atomic E-state index is 11.5. The molecule has 0 saturated heterocycles. The van der Waals surface area contributed by atoms with Gasteiger partial charge in [-0.1, -0.05) is 0 Å². The van der Waals surface area contributed by atoms with Crippen molar-refractivity contribution in [3.63, 3.8) is 0 Å². The van der Waals surface area contributed by atoms with Gasteiger partial charge in [-0.25, -0.2) is 4.98 Å². The van der Waals surface area contributed by atoms with Gasteiger partial charge in [0.25, 0.3) is 5.91 Å². The molecule has 0 aliphatic rings. The number of carbonyl (C=O) groups is 1. The van der Waals surface area contributed by atoms with Crippen molar-refractivity contribution in [3.8, 4) is 5.88 Å². The molecule has 0 atom stereocenters. The molecule has 7 nitrogen and oxygen atoms in total. The van der Waals surface area contributed by atoms with Crippen molar-refractivity contribution in [3.05, 3.63) is 41.5 Å². The van der Waals surface area contributed by atoms with Gasteiger partial charge >= 0.3 is 0 Å². The third kappa shape index (κ3) is 2.65. The molecule has 23 heavy (non-hydrogen) atoms. The zero-order valence-electron chi connectivity index (χ0n) is 13.4. The lowest BCUT2D eigenvalue weighted by Crippen LogP contribution is -2.14. The molecule has 0 unspecified atom stereocenters. The molecule has 3 rings (SSSR count). The van der Waals surface area contributed by atoms with Crippen LogP contribution in [0.15, 0.2) is 24.5 Å². The van der Waals surface area contributed by atoms with Gasteiger partial charge in [-0.2, -0.15) is 5.10 Å². The van der Waals surface area contributed by atoms with Crippen LogP contribution in [0.3, 0.4) is 0 Å². The molecule has 7 heteroatoms. The third-order valence-electron chi connectivity index (χ3n) is 4.02. The molecule has 3 aromatic heterocycles. The lowest BCUT2D eigenvalue weighted by atomic mass is 10.2. The summed E-state index contributed by atoms with van der Waals surface area (Å²) < 4.78 is 9.11. The molecule has 0 radical (unpaired) electrons. The normalized spacial score (nSPS) is 11.1. The number of hydrogen-bond acceptors (Lipinski definition) is 4. The van der Waals surface area contributed by atoms with Gasteiger partial charge in [-0.05, 0) is 19.9 Å². The minimum atomic E-state index is -0.437. The fraction of sp³-hybridized carbons (Fsp3) is 0.312. The third-order valence-corrected chi connectivity index (χ3v) is 4.02. The molecule has 1 amide bonds. The van der Waals surface area contributed by atoms with E-state index in [0.29, 0.717) is 23.7 Å². The lowest BCUT2D eigenvalue weighted by molar-refractivity contribution is 0.0999. The van der Waals surface area contributed by atoms with Crippen LogP contribution in [0.2, 0.25) is 0 Å². The number of hydrogen-bond donors (Lipinski definition) is 1. The number of primary amides is 1. The van der Waals surface area contributed by atoms with Crippen LogP contribution in [-0.2, 0) is 13.1 Å². The highest BCUT2D eigenvalue weighted by molar-refractivity contribution is 5.95. The summed E-state index contributed by atoms with van der Waals surface area (Å²) in [5.74, 6) is 0.146. The number of nitrogens with zero attached hydrogens (tertiary/aromatic N) is 4. The van der Waals surface area contributed by atoms with E-state index in [1.165, 1.54) is 0 Å². The minimum Gasteiger partial charge on any atom is -0.481 e. The number of nitrogens with two attached hydrogens (primary N) is 1. The molecular formula is C16H19N5O2. The average Bonchev–Trinajstić information content (AvgIpc) is 3.05. The first-order valence-corrected chi connectivity index (χ1v) is 7.34. The van der Waals surface area contributed by atoms with E-state index in [1.54, 1.807) is 20.2 Å². The van der Waals surface area contributed by atoms with E-state index in [-0.39, 0.29) is 0 Å². The molecular weight excluding hydrogens is 294 g/mol. The van der Waals surface area contributed by atoms with Crippen LogP contribution in [0.25, 0.3) is 10.9 Å². The van der Waals surface area contributed by atoms with Crippen LogP contribution in [0.1, 0.15) is 21.7 Å². The molecule has 0 aromatic carbocycles. The number of fused-ring (bicyclic) bond motifs is 1. The Morgan fingerprint density at radius 3 is 2.78 bits per heavy atom. The summed E-state index contributed by atoms with van der Waals surface area (Å²) in [5.41, 5.74) is 8.43. The van der Waals surface area contributed by atoms with E-state index in [0.717, 1.165) is 23.1 Å². The predicted octanol–water partition coefficient (Wildman–Crippen LogP) is 1.66. The molecule has 0 aliphatic carbocycles. The highest BCUT2D eigenvalue weighted by Gasteiger charge is 2.16. The van der Waals surface area contributed by atoms with Gasteiger partial charge in [0.05, 0.1) is 30.4 Å². The standard InChI is InChI=1S/C16H19N5O2/c1-10-15(16(17)22)11(2)21(19-10)7-6-20-5-4-12-9-18-14(23-3)8-13(12)20/h4-5,8-9H,6-7H2,1-3H3,(H2,17,22). The fourth-order valence-electron chi connectivity index (χ4n) is 2.84. The van der Waals surface area contributed by atoms with Gasteiger partial charge in [0, 0.05) is 36.1 Å². The van der Waals surface area contributed by atoms with Crippen LogP contribution in [-0.4, -0.2) is 32.3 Å². The van der Waals surface area contributed by atoms with Crippen molar-refractivity contribution in [2.24, 2.45) is 5.73 Å². The summed E-state index contributed by atoms with van der Waals surface area (Å²) in [5, 5.41) is 5.46. The smallest absolute Gasteiger partial charge is 0.252 e. The average molecular weight is 313 g/mol. The quantitative estimate of drug-likeness (QED) is 0.776. The number of aryl methyl sites for hydroxylation is 3. The molecule has 0 aliphatic heterocycles. The first-order valence-electron chi connectivity index (χ1n) is 7.34. The number of pyridine rings is 1. The monoisotopic (exact) mass is 313 g/mol. The van der Waals surface area contributed by atoms with Gasteiger partial charge in [0.2, 0.25) is 5.88 Å². The zero-order valence-corrected chi connectivity index (χ0v) is 13.4. The molecule has 3 aromatic rings. The second kappa shape index (κ2) is 5.75. The summed E-state index contributed by atoms with van der Waals surface area (Å²) in [6, 6.07) is 3.92. The van der Waals surface area contributed by atoms with Crippen molar-refractivity contribution >= 4 is 16.8 Å². The summed E-state index contributed by atoms with van der Waals surface area (Å²) in [4.78, 5) is 15.7. The number of rotatable bonds is 5. The largest absolute Gasteiger partial charge is 0.481 e. The van der Waals surface area contributed by atoms with Crippen molar-refractivity contribution < 1.29 is 9.53 Å². The lowest BCUT2D eigenvalue weighted by Gasteiger charge is -2.08. The Bertz CT molecular complexity index is 878. The van der Waals surface area contributed by atoms with Crippen molar-refractivity contribution in [2.75, 3.05) is 7.11 Å². The number of methoxy groups -OCH3 is 1. The highest BCUT2D eigenvalue weighted by Crippen LogP contribution is 2.20. The molecule has 0 fully saturated rings. The first-order chi connectivity index (χ1) is 11.0. The number of ether oxygens (including phenoxy) is 1. The summed E-state index contributed by atoms with van der Waals surface area (Å²) >= 11 is 0. The van der Waals surface area contributed by atoms with Gasteiger partial charge in [-0.15, -0.1) is 0 Å². The van der Waals surface area contributed by atoms with Crippen LogP contribution in [0.5, 0.6) is 5.88 Å². The van der Waals surface area contributed by atoms with Crippen molar-refractivity contribution in [1.82, 2.24) is 19.3 Å². The minimum absolute atomic E-state index is 0.437. The SMILES string of the molecule is COc1cc2c(ccn2CCn2nc(C)c(C(N)=O)c2C)cn1. The number of aromatic nitrogens is 4. The Morgan fingerprint density at radius 1 is 1.35 bits per heavy atom. The molecule has 2 N–H and O–H groups in total. The topological polar surface area (TPSA) is 88.0 Å². The molecule has 0 spiro atoms. The molecule has 120 valence electrons. The second-order valence-electron chi connectivity index (χ2n) is 5.43. The zero-order chi connectivity index (χ0) is 16.6. The van der Waals surface area contributed by atoms with E-state index >= 15 is 0 Å². The summed E-state index contributed by atoms with van der Waals surface area (Å²) in [7, 11) is 1.60. The maximum Gasteiger partial charge on any atom is 0.252 e. The Hall–Kier alpha value is -2.83. The maximum atomic E-state index is 11.5. The van der Waals surface area contributed by atoms with Gasteiger partial charge in [-0.3, -0.25) is 9.48 Å². The second-order valence-corrected chi connectivity index (χ2v) is 5.43. The van der Waals surface area contributed by atoms with E-state index in [1.807, 2.05) is 29.9 Å². The van der Waals surface area contributed by atoms with E-state index in [4.69, 9.17) is 10.5 Å². The van der Waals surface area contributed by atoms with E-state index in [9.17, 15) is 4.79 Å². The number of amides is 1. The van der Waals surface area contributed by atoms with Crippen LogP contribution in [0, 0.1) is 13.8 Å². The van der Waals surface area contributed by atoms with E-state index < -0.39 is 5.91 Å². The Morgan fingerprint density at radius 2 is 2.13 bits per heavy atom. The Labute approximate surface area is 133 Å². The molecule has 3 heterocycles. The Kier molecular flexibility index (Phi) is 3.77. The summed E-state index contributed by atoms with van der Waals surface area (Å²) in [6.45, 7) is 5.02. The van der Waals surface area contributed by atoms with Gasteiger partial charge < -0.3 is 15.0 Å². The highest BCUT2D eigenvalue weighted by atomic mass is 16.5. The van der Waals surface area contributed by atoms with Gasteiger partial charge in [0.15, 0.2) is 0 Å². The molecule has 0 saturated carbocycles. The molecule has 0 bridgehead atoms. The fourth-order valence-corrected chi connectivity index (χ4v) is 2.84. The summed E-state index contributed by atoms with van der Waals surface area (Å²) in [6.07, 6.45) is 3.80. The Balaban J connectivity index is 1.87. The van der Waals surface area contributed by atoms with Crippen LogP contribution >= 0.6 is 0 Å². The van der Waals surface area contributed by atoms with Crippen LogP contribution < -0.4 is 10.5 Å². The predicted molar refractivity (Wildman–Crippen MR) is 86.5 cm³/mol. The van der Waals surface area contributed by atoms with E-state index in [2.05, 4.69) is 14.6 Å². The first kappa shape index (κ1) is 15.1. The van der Waals surface area contributed by atoms with Crippen LogP contribution in [0.4, 0.5) is 0 Å².